The number of hydrogen-bond acceptors (Lipinski definition) is 5. The van der Waals surface area contributed by atoms with E-state index in [0.717, 1.165) is 24.0 Å². The maximum Gasteiger partial charge on any atom is 0.290 e. The van der Waals surface area contributed by atoms with Gasteiger partial charge in [-0.1, -0.05) is 38.1 Å². The van der Waals surface area contributed by atoms with E-state index in [4.69, 9.17) is 0 Å². The van der Waals surface area contributed by atoms with Gasteiger partial charge in [-0.3, -0.25) is 4.79 Å². The van der Waals surface area contributed by atoms with Crippen molar-refractivity contribution < 1.29 is 4.79 Å². The standard InChI is InChI=1S/C28H41N7O/c1-3-17-34(18-4-2)25-11-9-24(10-12-25)33-19-22-5-7-23(8-6-22)20-35(21-26-29-13-14-30-26)28(36)27-31-15-16-32-27/h5-8,13-16,24-25,33H,3-4,9-12,17-21H2,1-2H3,(H,29,30)(H,31,32). The number of nitrogens with zero attached hydrogens (tertiary/aromatic N) is 4. The minimum absolute atomic E-state index is 0.144. The number of amides is 1. The van der Waals surface area contributed by atoms with Gasteiger partial charge in [-0.05, 0) is 62.7 Å². The van der Waals surface area contributed by atoms with Crippen LogP contribution >= 0.6 is 0 Å². The molecule has 194 valence electrons. The zero-order valence-corrected chi connectivity index (χ0v) is 21.7. The van der Waals surface area contributed by atoms with E-state index < -0.39 is 0 Å². The molecule has 0 bridgehead atoms. The number of aromatic amines is 2. The summed E-state index contributed by atoms with van der Waals surface area (Å²) < 4.78 is 0. The van der Waals surface area contributed by atoms with E-state index in [2.05, 4.69) is 68.3 Å². The first-order valence-electron chi connectivity index (χ1n) is 13.5. The number of carbonyl (C=O) groups is 1. The highest BCUT2D eigenvalue weighted by Crippen LogP contribution is 2.24. The molecule has 1 saturated carbocycles. The molecule has 0 radical (unpaired) electrons. The molecule has 1 aromatic carbocycles. The van der Waals surface area contributed by atoms with E-state index in [-0.39, 0.29) is 5.91 Å². The average molecular weight is 492 g/mol. The van der Waals surface area contributed by atoms with Crippen LogP contribution in [-0.2, 0) is 19.6 Å². The van der Waals surface area contributed by atoms with E-state index in [1.807, 2.05) is 0 Å². The van der Waals surface area contributed by atoms with Gasteiger partial charge in [0.05, 0.1) is 6.54 Å². The van der Waals surface area contributed by atoms with Crippen LogP contribution in [0, 0.1) is 0 Å². The molecule has 3 aromatic rings. The Balaban J connectivity index is 1.28. The largest absolute Gasteiger partial charge is 0.347 e. The lowest BCUT2D eigenvalue weighted by Crippen LogP contribution is -2.43. The molecule has 0 saturated heterocycles. The molecule has 2 heterocycles. The number of carbonyl (C=O) groups excluding carboxylic acids is 1. The Morgan fingerprint density at radius 1 is 0.917 bits per heavy atom. The summed E-state index contributed by atoms with van der Waals surface area (Å²) >= 11 is 0. The number of hydrogen-bond donors (Lipinski definition) is 3. The van der Waals surface area contributed by atoms with Crippen molar-refractivity contribution in [1.82, 2.24) is 35.1 Å². The van der Waals surface area contributed by atoms with Crippen molar-refractivity contribution in [3.8, 4) is 0 Å². The normalized spacial score (nSPS) is 18.0. The average Bonchev–Trinajstić information content (AvgIpc) is 3.63. The molecule has 0 spiro atoms. The van der Waals surface area contributed by atoms with Crippen molar-refractivity contribution >= 4 is 5.91 Å². The second-order valence-electron chi connectivity index (χ2n) is 9.87. The van der Waals surface area contributed by atoms with E-state index in [1.165, 1.54) is 57.2 Å². The molecule has 8 nitrogen and oxygen atoms in total. The van der Waals surface area contributed by atoms with Gasteiger partial charge in [0.2, 0.25) is 0 Å². The molecule has 8 heteroatoms. The fourth-order valence-corrected chi connectivity index (χ4v) is 5.24. The summed E-state index contributed by atoms with van der Waals surface area (Å²) in [5, 5.41) is 3.78. The van der Waals surface area contributed by atoms with Crippen molar-refractivity contribution in [1.29, 1.82) is 0 Å². The molecule has 4 rings (SSSR count). The van der Waals surface area contributed by atoms with Gasteiger partial charge in [0.15, 0.2) is 5.82 Å². The van der Waals surface area contributed by atoms with Crippen LogP contribution in [0.5, 0.6) is 0 Å². The van der Waals surface area contributed by atoms with Crippen LogP contribution in [0.15, 0.2) is 49.1 Å². The van der Waals surface area contributed by atoms with Crippen LogP contribution < -0.4 is 5.32 Å². The maximum atomic E-state index is 13.0. The van der Waals surface area contributed by atoms with E-state index in [9.17, 15) is 4.79 Å². The fraction of sp³-hybridized carbons (Fsp3) is 0.536. The van der Waals surface area contributed by atoms with Crippen LogP contribution in [0.2, 0.25) is 0 Å². The summed E-state index contributed by atoms with van der Waals surface area (Å²) in [5.74, 6) is 0.941. The number of benzene rings is 1. The topological polar surface area (TPSA) is 92.9 Å². The Kier molecular flexibility index (Phi) is 9.69. The smallest absolute Gasteiger partial charge is 0.290 e. The molecular formula is C28H41N7O. The van der Waals surface area contributed by atoms with Crippen LogP contribution in [0.3, 0.4) is 0 Å². The summed E-state index contributed by atoms with van der Waals surface area (Å²) in [4.78, 5) is 31.9. The van der Waals surface area contributed by atoms with Gasteiger partial charge in [-0.25, -0.2) is 9.97 Å². The van der Waals surface area contributed by atoms with E-state index in [0.29, 0.717) is 25.0 Å². The number of aromatic nitrogens is 4. The van der Waals surface area contributed by atoms with Crippen LogP contribution in [0.1, 0.15) is 79.9 Å². The predicted molar refractivity (Wildman–Crippen MR) is 142 cm³/mol. The highest BCUT2D eigenvalue weighted by atomic mass is 16.2. The molecule has 0 aliphatic heterocycles. The summed E-state index contributed by atoms with van der Waals surface area (Å²) in [6.07, 6.45) is 14.3. The van der Waals surface area contributed by atoms with Gasteiger partial charge in [0.25, 0.3) is 5.91 Å². The van der Waals surface area contributed by atoms with Gasteiger partial charge in [0.1, 0.15) is 5.82 Å². The van der Waals surface area contributed by atoms with Crippen molar-refractivity contribution in [3.05, 3.63) is 71.8 Å². The molecule has 3 N–H and O–H groups in total. The summed E-state index contributed by atoms with van der Waals surface area (Å²) in [5.41, 5.74) is 2.35. The Morgan fingerprint density at radius 2 is 1.58 bits per heavy atom. The van der Waals surface area contributed by atoms with Crippen molar-refractivity contribution in [2.24, 2.45) is 0 Å². The third-order valence-electron chi connectivity index (χ3n) is 7.11. The lowest BCUT2D eigenvalue weighted by Gasteiger charge is -2.37. The predicted octanol–water partition coefficient (Wildman–Crippen LogP) is 4.50. The number of imidazole rings is 2. The van der Waals surface area contributed by atoms with Gasteiger partial charge >= 0.3 is 0 Å². The Labute approximate surface area is 214 Å². The van der Waals surface area contributed by atoms with Crippen molar-refractivity contribution in [3.63, 3.8) is 0 Å². The lowest BCUT2D eigenvalue weighted by molar-refractivity contribution is 0.0714. The fourth-order valence-electron chi connectivity index (χ4n) is 5.24. The quantitative estimate of drug-likeness (QED) is 0.327. The first kappa shape index (κ1) is 26.1. The minimum atomic E-state index is -0.144. The second-order valence-corrected chi connectivity index (χ2v) is 9.87. The highest BCUT2D eigenvalue weighted by molar-refractivity contribution is 5.90. The zero-order chi connectivity index (χ0) is 25.2. The number of nitrogens with one attached hydrogen (secondary N) is 3. The Hall–Kier alpha value is -2.97. The van der Waals surface area contributed by atoms with Gasteiger partial charge in [-0.15, -0.1) is 0 Å². The van der Waals surface area contributed by atoms with E-state index >= 15 is 0 Å². The van der Waals surface area contributed by atoms with Gasteiger partial charge in [-0.2, -0.15) is 0 Å². The minimum Gasteiger partial charge on any atom is -0.347 e. The summed E-state index contributed by atoms with van der Waals surface area (Å²) in [6.45, 7) is 8.80. The SMILES string of the molecule is CCCN(CCC)C1CCC(NCc2ccc(CN(Cc3ncc[nH]3)C(=O)c3ncc[nH]3)cc2)CC1. The molecule has 0 atom stereocenters. The molecule has 1 amide bonds. The molecule has 1 aliphatic carbocycles. The zero-order valence-electron chi connectivity index (χ0n) is 21.7. The monoisotopic (exact) mass is 491 g/mol. The first-order valence-corrected chi connectivity index (χ1v) is 13.5. The van der Waals surface area contributed by atoms with Gasteiger partial charge < -0.3 is 25.1 Å². The highest BCUT2D eigenvalue weighted by Gasteiger charge is 2.25. The molecule has 1 aliphatic rings. The molecule has 0 unspecified atom stereocenters. The molecule has 36 heavy (non-hydrogen) atoms. The van der Waals surface area contributed by atoms with Gasteiger partial charge in [0, 0.05) is 50.0 Å². The van der Waals surface area contributed by atoms with Crippen LogP contribution in [-0.4, -0.2) is 60.8 Å². The Bertz CT molecular complexity index is 1000. The van der Waals surface area contributed by atoms with E-state index in [1.54, 1.807) is 29.7 Å². The number of H-pyrrole nitrogens is 2. The second kappa shape index (κ2) is 13.4. The third kappa shape index (κ3) is 7.27. The van der Waals surface area contributed by atoms with Crippen LogP contribution in [0.25, 0.3) is 0 Å². The first-order chi connectivity index (χ1) is 17.7. The maximum absolute atomic E-state index is 13.0. The molecular weight excluding hydrogens is 450 g/mol. The summed E-state index contributed by atoms with van der Waals surface area (Å²) in [7, 11) is 0. The van der Waals surface area contributed by atoms with Crippen molar-refractivity contribution in [2.45, 2.75) is 84.1 Å². The van der Waals surface area contributed by atoms with Crippen molar-refractivity contribution in [2.75, 3.05) is 13.1 Å². The van der Waals surface area contributed by atoms with Crippen LogP contribution in [0.4, 0.5) is 0 Å². The third-order valence-corrected chi connectivity index (χ3v) is 7.11. The Morgan fingerprint density at radius 3 is 2.19 bits per heavy atom. The molecule has 1 fully saturated rings. The molecule has 2 aromatic heterocycles. The lowest BCUT2D eigenvalue weighted by atomic mass is 9.89. The number of rotatable bonds is 13. The summed E-state index contributed by atoms with van der Waals surface area (Å²) in [6, 6.07) is 9.93.